The van der Waals surface area contributed by atoms with Crippen molar-refractivity contribution in [1.29, 1.82) is 0 Å². The molecule has 2 aliphatic rings. The second-order valence-corrected chi connectivity index (χ2v) is 8.39. The summed E-state index contributed by atoms with van der Waals surface area (Å²) in [5.74, 6) is 1.05. The predicted molar refractivity (Wildman–Crippen MR) is 106 cm³/mol. The summed E-state index contributed by atoms with van der Waals surface area (Å²) < 4.78 is 0. The third-order valence-corrected chi connectivity index (χ3v) is 6.00. The number of amides is 1. The van der Waals surface area contributed by atoms with Gasteiger partial charge in [0.05, 0.1) is 12.6 Å². The average molecular weight is 393 g/mol. The molecule has 2 saturated heterocycles. The van der Waals surface area contributed by atoms with Gasteiger partial charge in [0.25, 0.3) is 0 Å². The first-order chi connectivity index (χ1) is 12.6. The van der Waals surface area contributed by atoms with Crippen LogP contribution in [0.4, 0.5) is 0 Å². The summed E-state index contributed by atoms with van der Waals surface area (Å²) >= 11 is 3.10. The highest BCUT2D eigenvalue weighted by atomic mass is 32.2. The average Bonchev–Trinajstić information content (AvgIpc) is 2.96. The third-order valence-electron chi connectivity index (χ3n) is 3.98. The Hall–Kier alpha value is -1.84. The van der Waals surface area contributed by atoms with Gasteiger partial charge in [-0.25, -0.2) is 0 Å². The Balaban J connectivity index is 1.52. The number of carbonyl (C=O) groups excluding carboxylic acids is 1. The van der Waals surface area contributed by atoms with Gasteiger partial charge in [-0.15, -0.1) is 5.10 Å². The smallest absolute Gasteiger partial charge is 0.305 e. The Morgan fingerprint density at radius 3 is 2.73 bits per heavy atom. The first-order valence-electron chi connectivity index (χ1n) is 8.29. The van der Waals surface area contributed by atoms with E-state index in [2.05, 4.69) is 32.6 Å². The van der Waals surface area contributed by atoms with Crippen LogP contribution in [0.2, 0.25) is 0 Å². The van der Waals surface area contributed by atoms with Gasteiger partial charge in [0.15, 0.2) is 5.17 Å². The molecule has 2 heterocycles. The molecule has 1 aromatic carbocycles. The fraction of sp³-hybridized carbons (Fsp3) is 0.412. The first-order valence-corrected chi connectivity index (χ1v) is 10.3. The van der Waals surface area contributed by atoms with Crippen molar-refractivity contribution in [3.63, 3.8) is 0 Å². The maximum atomic E-state index is 11.6. The summed E-state index contributed by atoms with van der Waals surface area (Å²) in [6.07, 6.45) is 1.39. The standard InChI is InChI=1S/C17H20N4O3S2/c22-15(23)9-14-16(24)19-17(26-14)20-18-10-12-1-3-13(4-2-12)11-21-5-7-25-8-6-21/h1-4,10,14H,5-9,11H2,(H,22,23)(H,19,20,24). The molecule has 2 N–H and O–H groups in total. The maximum absolute atomic E-state index is 11.6. The molecule has 1 unspecified atom stereocenters. The Labute approximate surface area is 160 Å². The molecule has 26 heavy (non-hydrogen) atoms. The SMILES string of the molecule is O=C(O)CC1SC(=NN=Cc2ccc(CN3CCSCC3)cc2)NC1=O. The molecule has 0 spiro atoms. The van der Waals surface area contributed by atoms with E-state index in [1.165, 1.54) is 17.1 Å². The van der Waals surface area contributed by atoms with Crippen LogP contribution in [-0.2, 0) is 16.1 Å². The van der Waals surface area contributed by atoms with E-state index in [-0.39, 0.29) is 12.3 Å². The summed E-state index contributed by atoms with van der Waals surface area (Å²) in [5, 5.41) is 18.9. The van der Waals surface area contributed by atoms with Gasteiger partial charge in [-0.05, 0) is 11.1 Å². The molecule has 1 aromatic rings. The van der Waals surface area contributed by atoms with E-state index in [0.29, 0.717) is 5.17 Å². The number of nitrogens with one attached hydrogen (secondary N) is 1. The molecule has 0 saturated carbocycles. The van der Waals surface area contributed by atoms with Crippen molar-refractivity contribution >= 4 is 46.8 Å². The number of carboxylic acid groups (broad SMARTS) is 1. The van der Waals surface area contributed by atoms with Crippen molar-refractivity contribution < 1.29 is 14.7 Å². The Bertz CT molecular complexity index is 715. The number of benzene rings is 1. The van der Waals surface area contributed by atoms with Crippen LogP contribution in [0.5, 0.6) is 0 Å². The molecular formula is C17H20N4O3S2. The van der Waals surface area contributed by atoms with Crippen LogP contribution in [0, 0.1) is 0 Å². The van der Waals surface area contributed by atoms with Crippen molar-refractivity contribution in [2.75, 3.05) is 24.6 Å². The summed E-state index contributed by atoms with van der Waals surface area (Å²) in [6, 6.07) is 8.16. The molecule has 0 bridgehead atoms. The number of thioether (sulfide) groups is 2. The Morgan fingerprint density at radius 2 is 2.04 bits per heavy atom. The second kappa shape index (κ2) is 9.20. The monoisotopic (exact) mass is 392 g/mol. The normalized spacial score (nSPS) is 22.8. The van der Waals surface area contributed by atoms with E-state index < -0.39 is 11.2 Å². The van der Waals surface area contributed by atoms with Gasteiger partial charge in [-0.1, -0.05) is 36.0 Å². The Kier molecular flexibility index (Phi) is 6.70. The van der Waals surface area contributed by atoms with Crippen LogP contribution in [0.15, 0.2) is 34.5 Å². The molecular weight excluding hydrogens is 372 g/mol. The van der Waals surface area contributed by atoms with Gasteiger partial charge in [0.1, 0.15) is 5.25 Å². The minimum atomic E-state index is -1.01. The zero-order chi connectivity index (χ0) is 18.4. The number of nitrogens with zero attached hydrogens (tertiary/aromatic N) is 3. The number of hydrogen-bond donors (Lipinski definition) is 2. The second-order valence-electron chi connectivity index (χ2n) is 5.97. The van der Waals surface area contributed by atoms with Crippen molar-refractivity contribution in [2.45, 2.75) is 18.2 Å². The summed E-state index contributed by atoms with van der Waals surface area (Å²) in [6.45, 7) is 3.24. The van der Waals surface area contributed by atoms with E-state index >= 15 is 0 Å². The number of aliphatic carboxylic acids is 1. The molecule has 1 amide bonds. The molecule has 7 nitrogen and oxygen atoms in total. The lowest BCUT2D eigenvalue weighted by Crippen LogP contribution is -2.31. The number of amidine groups is 1. The van der Waals surface area contributed by atoms with Gasteiger partial charge in [0, 0.05) is 31.1 Å². The largest absolute Gasteiger partial charge is 0.481 e. The predicted octanol–water partition coefficient (Wildman–Crippen LogP) is 1.63. The minimum absolute atomic E-state index is 0.226. The van der Waals surface area contributed by atoms with E-state index in [4.69, 9.17) is 5.11 Å². The molecule has 2 aliphatic heterocycles. The van der Waals surface area contributed by atoms with Gasteiger partial charge in [-0.3, -0.25) is 14.5 Å². The lowest BCUT2D eigenvalue weighted by atomic mass is 10.1. The molecule has 138 valence electrons. The minimum Gasteiger partial charge on any atom is -0.481 e. The first kappa shape index (κ1) is 18.9. The van der Waals surface area contributed by atoms with E-state index in [9.17, 15) is 9.59 Å². The number of rotatable bonds is 6. The Morgan fingerprint density at radius 1 is 1.31 bits per heavy atom. The highest BCUT2D eigenvalue weighted by Gasteiger charge is 2.32. The summed E-state index contributed by atoms with van der Waals surface area (Å²) in [4.78, 5) is 24.8. The van der Waals surface area contributed by atoms with E-state index in [1.54, 1.807) is 6.21 Å². The van der Waals surface area contributed by atoms with E-state index in [0.717, 1.165) is 37.0 Å². The topological polar surface area (TPSA) is 94.4 Å². The summed E-state index contributed by atoms with van der Waals surface area (Å²) in [7, 11) is 0. The highest BCUT2D eigenvalue weighted by molar-refractivity contribution is 8.15. The quantitative estimate of drug-likeness (QED) is 0.564. The van der Waals surface area contributed by atoms with E-state index in [1.807, 2.05) is 23.9 Å². The summed E-state index contributed by atoms with van der Waals surface area (Å²) in [5.41, 5.74) is 2.19. The molecule has 0 radical (unpaired) electrons. The van der Waals surface area contributed by atoms with Crippen LogP contribution >= 0.6 is 23.5 Å². The van der Waals surface area contributed by atoms with Crippen LogP contribution in [0.1, 0.15) is 17.5 Å². The molecule has 3 rings (SSSR count). The van der Waals surface area contributed by atoms with Crippen molar-refractivity contribution in [3.8, 4) is 0 Å². The van der Waals surface area contributed by atoms with Crippen LogP contribution in [0.25, 0.3) is 0 Å². The number of hydrogen-bond acceptors (Lipinski definition) is 7. The van der Waals surface area contributed by atoms with Gasteiger partial charge in [-0.2, -0.15) is 16.9 Å². The maximum Gasteiger partial charge on any atom is 0.305 e. The lowest BCUT2D eigenvalue weighted by Gasteiger charge is -2.26. The van der Waals surface area contributed by atoms with Crippen molar-refractivity contribution in [1.82, 2.24) is 10.2 Å². The van der Waals surface area contributed by atoms with Crippen LogP contribution in [-0.4, -0.2) is 63.1 Å². The van der Waals surface area contributed by atoms with Crippen LogP contribution < -0.4 is 5.32 Å². The van der Waals surface area contributed by atoms with Gasteiger partial charge >= 0.3 is 5.97 Å². The van der Waals surface area contributed by atoms with Crippen molar-refractivity contribution in [3.05, 3.63) is 35.4 Å². The number of carboxylic acids is 1. The third kappa shape index (κ3) is 5.58. The zero-order valence-corrected chi connectivity index (χ0v) is 15.8. The zero-order valence-electron chi connectivity index (χ0n) is 14.1. The van der Waals surface area contributed by atoms with Crippen LogP contribution in [0.3, 0.4) is 0 Å². The van der Waals surface area contributed by atoms with Crippen molar-refractivity contribution in [2.24, 2.45) is 10.2 Å². The van der Waals surface area contributed by atoms with Gasteiger partial charge in [0.2, 0.25) is 5.91 Å². The fourth-order valence-corrected chi connectivity index (χ4v) is 4.51. The molecule has 0 aromatic heterocycles. The molecule has 2 fully saturated rings. The molecule has 9 heteroatoms. The molecule has 0 aliphatic carbocycles. The van der Waals surface area contributed by atoms with Gasteiger partial charge < -0.3 is 10.4 Å². The number of carbonyl (C=O) groups is 2. The molecule has 1 atom stereocenters. The highest BCUT2D eigenvalue weighted by Crippen LogP contribution is 2.22. The fourth-order valence-electron chi connectivity index (χ4n) is 2.62. The lowest BCUT2D eigenvalue weighted by molar-refractivity contribution is -0.138.